The highest BCUT2D eigenvalue weighted by Crippen LogP contribution is 2.36. The summed E-state index contributed by atoms with van der Waals surface area (Å²) in [6.07, 6.45) is 8.69. The Morgan fingerprint density at radius 1 is 1.19 bits per heavy atom. The van der Waals surface area contributed by atoms with E-state index in [1.165, 1.54) is 24.6 Å². The number of allylic oxidation sites excluding steroid dienone is 1. The van der Waals surface area contributed by atoms with Gasteiger partial charge in [-0.05, 0) is 50.3 Å². The van der Waals surface area contributed by atoms with Crippen molar-refractivity contribution in [1.29, 1.82) is 0 Å². The van der Waals surface area contributed by atoms with Gasteiger partial charge in [-0.2, -0.15) is 5.10 Å². The topological polar surface area (TPSA) is 79.8 Å². The summed E-state index contributed by atoms with van der Waals surface area (Å²) >= 11 is 0. The lowest BCUT2D eigenvalue weighted by Crippen LogP contribution is -2.58. The van der Waals surface area contributed by atoms with Gasteiger partial charge in [0, 0.05) is 45.5 Å². The fourth-order valence-corrected chi connectivity index (χ4v) is 4.74. The molecule has 5 rings (SSSR count). The average Bonchev–Trinajstić information content (AvgIpc) is 3.18. The summed E-state index contributed by atoms with van der Waals surface area (Å²) in [5.74, 6) is 0. The fraction of sp³-hybridized carbons (Fsp3) is 0.417. The normalized spacial score (nSPS) is 18.9. The van der Waals surface area contributed by atoms with Crippen LogP contribution in [0.25, 0.3) is 11.2 Å². The van der Waals surface area contributed by atoms with Crippen LogP contribution in [0.4, 0.5) is 5.69 Å². The molecule has 0 bridgehead atoms. The number of rotatable bonds is 4. The van der Waals surface area contributed by atoms with Gasteiger partial charge in [0.15, 0.2) is 0 Å². The minimum absolute atomic E-state index is 0.529. The molecule has 0 radical (unpaired) electrons. The number of fused-ring (bicyclic) bond motifs is 1. The zero-order valence-corrected chi connectivity index (χ0v) is 18.9. The molecule has 8 nitrogen and oxygen atoms in total. The number of nitrogens with zero attached hydrogens (tertiary/aromatic N) is 6. The lowest BCUT2D eigenvalue weighted by atomic mass is 9.73. The van der Waals surface area contributed by atoms with Crippen LogP contribution in [-0.2, 0) is 11.8 Å². The van der Waals surface area contributed by atoms with E-state index >= 15 is 0 Å². The van der Waals surface area contributed by atoms with Crippen molar-refractivity contribution in [2.45, 2.75) is 26.7 Å². The predicted molar refractivity (Wildman–Crippen MR) is 124 cm³/mol. The Morgan fingerprint density at radius 2 is 1.97 bits per heavy atom. The number of aryl methyl sites for hydroxylation is 3. The van der Waals surface area contributed by atoms with Crippen LogP contribution in [0.1, 0.15) is 29.9 Å². The van der Waals surface area contributed by atoms with Crippen LogP contribution >= 0.6 is 0 Å². The number of hydrogen-bond acceptors (Lipinski definition) is 6. The molecular weight excluding hydrogens is 402 g/mol. The van der Waals surface area contributed by atoms with Crippen molar-refractivity contribution in [3.63, 3.8) is 0 Å². The molecule has 0 amide bonds. The lowest BCUT2D eigenvalue weighted by Gasteiger charge is -2.48. The Morgan fingerprint density at radius 3 is 2.62 bits per heavy atom. The third-order valence-corrected chi connectivity index (χ3v) is 6.76. The summed E-state index contributed by atoms with van der Waals surface area (Å²) in [5.41, 5.74) is 6.37. The van der Waals surface area contributed by atoms with Gasteiger partial charge in [0.1, 0.15) is 17.5 Å². The Balaban J connectivity index is 1.44. The van der Waals surface area contributed by atoms with E-state index < -0.39 is 0 Å². The van der Waals surface area contributed by atoms with E-state index in [2.05, 4.69) is 32.6 Å². The van der Waals surface area contributed by atoms with Crippen molar-refractivity contribution in [2.75, 3.05) is 31.1 Å². The van der Waals surface area contributed by atoms with Crippen LogP contribution in [0.5, 0.6) is 0 Å². The Labute approximate surface area is 187 Å². The first-order chi connectivity index (χ1) is 15.5. The van der Waals surface area contributed by atoms with Gasteiger partial charge in [0.2, 0.25) is 0 Å². The molecule has 2 fully saturated rings. The average molecular weight is 432 g/mol. The molecule has 1 N–H and O–H groups in total. The molecule has 3 aromatic rings. The van der Waals surface area contributed by atoms with Gasteiger partial charge in [0.05, 0.1) is 34.5 Å². The smallest absolute Gasteiger partial charge is 0.145 e. The van der Waals surface area contributed by atoms with Gasteiger partial charge in [-0.15, -0.1) is 0 Å². The van der Waals surface area contributed by atoms with E-state index in [0.29, 0.717) is 16.8 Å². The van der Waals surface area contributed by atoms with E-state index in [1.54, 1.807) is 4.52 Å². The first-order valence-electron chi connectivity index (χ1n) is 11.1. The van der Waals surface area contributed by atoms with Gasteiger partial charge in [-0.3, -0.25) is 9.78 Å². The summed E-state index contributed by atoms with van der Waals surface area (Å²) in [6, 6.07) is 6.05. The van der Waals surface area contributed by atoms with Gasteiger partial charge in [0.25, 0.3) is 0 Å². The minimum atomic E-state index is 0.529. The van der Waals surface area contributed by atoms with Gasteiger partial charge in [-0.25, -0.2) is 9.51 Å². The summed E-state index contributed by atoms with van der Waals surface area (Å²) in [7, 11) is 1.99. The molecule has 32 heavy (non-hydrogen) atoms. The zero-order chi connectivity index (χ0) is 22.3. The Hall–Kier alpha value is -3.26. The first-order valence-corrected chi connectivity index (χ1v) is 11.1. The molecule has 0 aliphatic carbocycles. The molecule has 2 saturated heterocycles. The third-order valence-electron chi connectivity index (χ3n) is 6.76. The van der Waals surface area contributed by atoms with E-state index in [4.69, 9.17) is 4.99 Å². The lowest BCUT2D eigenvalue weighted by molar-refractivity contribution is -0.104. The van der Waals surface area contributed by atoms with Crippen LogP contribution in [0.2, 0.25) is 0 Å². The van der Waals surface area contributed by atoms with E-state index in [1.807, 2.05) is 43.8 Å². The molecule has 2 aliphatic rings. The van der Waals surface area contributed by atoms with Crippen molar-refractivity contribution in [2.24, 2.45) is 17.5 Å². The maximum Gasteiger partial charge on any atom is 0.145 e. The second-order valence-corrected chi connectivity index (χ2v) is 9.07. The number of nitrogens with one attached hydrogen (secondary N) is 1. The largest absolute Gasteiger partial charge is 0.370 e. The highest BCUT2D eigenvalue weighted by atomic mass is 16.1. The SMILES string of the molecule is Cc1cn2nc(/C(=C/C=O)N=c3ccc(N4CCC5(CC4)CNC5)cn3C)cc2c(C)n1. The summed E-state index contributed by atoms with van der Waals surface area (Å²) in [5, 5.41) is 8.05. The highest BCUT2D eigenvalue weighted by molar-refractivity contribution is 5.81. The molecule has 166 valence electrons. The number of anilines is 1. The first kappa shape index (κ1) is 20.6. The van der Waals surface area contributed by atoms with E-state index in [-0.39, 0.29) is 0 Å². The van der Waals surface area contributed by atoms with Crippen molar-refractivity contribution in [3.8, 4) is 0 Å². The second-order valence-electron chi connectivity index (χ2n) is 9.07. The van der Waals surface area contributed by atoms with Crippen LogP contribution in [0.3, 0.4) is 0 Å². The molecule has 2 aliphatic heterocycles. The monoisotopic (exact) mass is 431 g/mol. The number of hydrogen-bond donors (Lipinski definition) is 1. The van der Waals surface area contributed by atoms with Crippen LogP contribution in [0.15, 0.2) is 41.7 Å². The third kappa shape index (κ3) is 3.75. The zero-order valence-electron chi connectivity index (χ0n) is 18.9. The molecule has 0 saturated carbocycles. The fourth-order valence-electron chi connectivity index (χ4n) is 4.74. The number of carbonyl (C=O) groups is 1. The molecule has 5 heterocycles. The molecule has 0 unspecified atom stereocenters. The summed E-state index contributed by atoms with van der Waals surface area (Å²) in [4.78, 5) is 23.1. The predicted octanol–water partition coefficient (Wildman–Crippen LogP) is 2.02. The molecule has 1 spiro atoms. The second kappa shape index (κ2) is 8.02. The number of aldehydes is 1. The molecule has 0 atom stereocenters. The van der Waals surface area contributed by atoms with Crippen molar-refractivity contribution in [1.82, 2.24) is 24.5 Å². The Bertz CT molecular complexity index is 1270. The van der Waals surface area contributed by atoms with Crippen LogP contribution in [0, 0.1) is 19.3 Å². The molecule has 8 heteroatoms. The summed E-state index contributed by atoms with van der Waals surface area (Å²) in [6.45, 7) is 8.39. The van der Waals surface area contributed by atoms with Crippen LogP contribution in [-0.4, -0.2) is 51.6 Å². The van der Waals surface area contributed by atoms with Crippen molar-refractivity contribution >= 4 is 23.2 Å². The number of aromatic nitrogens is 4. The minimum Gasteiger partial charge on any atom is -0.370 e. The van der Waals surface area contributed by atoms with Crippen LogP contribution < -0.4 is 15.7 Å². The van der Waals surface area contributed by atoms with Crippen molar-refractivity contribution < 1.29 is 4.79 Å². The molecule has 3 aromatic heterocycles. The maximum atomic E-state index is 11.3. The maximum absolute atomic E-state index is 11.3. The van der Waals surface area contributed by atoms with Crippen molar-refractivity contribution in [3.05, 3.63) is 59.2 Å². The Kier molecular flexibility index (Phi) is 5.17. The standard InChI is InChI=1S/C24H29N7O/c1-17-13-31-22(18(2)26-17)12-21(28-31)20(6-11-32)27-23-5-4-19(14-29(23)3)30-9-7-24(8-10-30)15-25-16-24/h4-6,11-14,25H,7-10,15-16H2,1-3H3/b20-6-,27-23?. The van der Waals surface area contributed by atoms with Gasteiger partial charge >= 0.3 is 0 Å². The molecular formula is C24H29N7O. The van der Waals surface area contributed by atoms with Gasteiger partial charge in [-0.1, -0.05) is 0 Å². The van der Waals surface area contributed by atoms with Gasteiger partial charge < -0.3 is 14.8 Å². The number of carbonyl (C=O) groups excluding carboxylic acids is 1. The number of piperidine rings is 1. The summed E-state index contributed by atoms with van der Waals surface area (Å²) < 4.78 is 3.81. The van der Waals surface area contributed by atoms with E-state index in [0.717, 1.165) is 54.9 Å². The van der Waals surface area contributed by atoms with E-state index in [9.17, 15) is 4.79 Å². The highest BCUT2D eigenvalue weighted by Gasteiger charge is 2.39. The molecule has 0 aromatic carbocycles. The quantitative estimate of drug-likeness (QED) is 0.505. The number of pyridine rings is 1.